The van der Waals surface area contributed by atoms with Gasteiger partial charge < -0.3 is 5.32 Å². The lowest BCUT2D eigenvalue weighted by Gasteiger charge is -2.16. The summed E-state index contributed by atoms with van der Waals surface area (Å²) >= 11 is 0. The number of anilines is 1. The second kappa shape index (κ2) is 6.08. The van der Waals surface area contributed by atoms with Crippen molar-refractivity contribution >= 4 is 16.7 Å². The van der Waals surface area contributed by atoms with E-state index in [1.807, 2.05) is 42.6 Å². The number of nitrogens with one attached hydrogen (secondary N) is 1. The summed E-state index contributed by atoms with van der Waals surface area (Å²) in [6.45, 7) is 2.11. The van der Waals surface area contributed by atoms with E-state index in [0.717, 1.165) is 22.4 Å². The Balaban J connectivity index is 1.58. The normalized spacial score (nSPS) is 12.2. The molecule has 0 spiro atoms. The molecule has 24 heavy (non-hydrogen) atoms. The molecule has 4 aromatic rings. The molecule has 0 amide bonds. The zero-order chi connectivity index (χ0) is 16.4. The van der Waals surface area contributed by atoms with Crippen molar-refractivity contribution in [3.8, 4) is 5.69 Å². The molecule has 1 N–H and O–H groups in total. The van der Waals surface area contributed by atoms with Crippen LogP contribution in [0.4, 0.5) is 5.82 Å². The molecular weight excluding hydrogens is 300 g/mol. The van der Waals surface area contributed by atoms with Crippen LogP contribution in [0.1, 0.15) is 18.5 Å². The number of nitrogens with zero attached hydrogens (tertiary/aromatic N) is 5. The first kappa shape index (κ1) is 14.3. The van der Waals surface area contributed by atoms with Gasteiger partial charge in [0.15, 0.2) is 0 Å². The number of hydrogen-bond acceptors (Lipinski definition) is 5. The van der Waals surface area contributed by atoms with E-state index in [2.05, 4.69) is 44.7 Å². The summed E-state index contributed by atoms with van der Waals surface area (Å²) in [4.78, 5) is 8.68. The molecule has 6 heteroatoms. The Morgan fingerprint density at radius 1 is 1.00 bits per heavy atom. The SMILES string of the molecule is CC(Nc1ncnc2ccccc12)c1ccc(-n2ccnn2)cc1. The van der Waals surface area contributed by atoms with Gasteiger partial charge in [0.25, 0.3) is 0 Å². The van der Waals surface area contributed by atoms with Crippen LogP contribution >= 0.6 is 0 Å². The van der Waals surface area contributed by atoms with Gasteiger partial charge in [-0.3, -0.25) is 0 Å². The van der Waals surface area contributed by atoms with Crippen LogP contribution in [-0.4, -0.2) is 25.0 Å². The van der Waals surface area contributed by atoms with Crippen molar-refractivity contribution in [1.29, 1.82) is 0 Å². The first-order valence-electron chi connectivity index (χ1n) is 7.74. The molecule has 2 heterocycles. The van der Waals surface area contributed by atoms with Gasteiger partial charge in [0.2, 0.25) is 0 Å². The van der Waals surface area contributed by atoms with Crippen molar-refractivity contribution in [3.63, 3.8) is 0 Å². The maximum Gasteiger partial charge on any atom is 0.137 e. The Morgan fingerprint density at radius 3 is 2.62 bits per heavy atom. The molecule has 0 aliphatic rings. The average Bonchev–Trinajstić information content (AvgIpc) is 3.17. The average molecular weight is 316 g/mol. The zero-order valence-electron chi connectivity index (χ0n) is 13.2. The van der Waals surface area contributed by atoms with Crippen LogP contribution in [-0.2, 0) is 0 Å². The van der Waals surface area contributed by atoms with Crippen molar-refractivity contribution in [2.75, 3.05) is 5.32 Å². The lowest BCUT2D eigenvalue weighted by molar-refractivity contribution is 0.800. The molecule has 0 aliphatic carbocycles. The molecular formula is C18H16N6. The highest BCUT2D eigenvalue weighted by Gasteiger charge is 2.09. The number of hydrogen-bond donors (Lipinski definition) is 1. The van der Waals surface area contributed by atoms with Gasteiger partial charge in [0, 0.05) is 11.4 Å². The van der Waals surface area contributed by atoms with Crippen molar-refractivity contribution in [2.24, 2.45) is 0 Å². The van der Waals surface area contributed by atoms with E-state index < -0.39 is 0 Å². The minimum Gasteiger partial charge on any atom is -0.363 e. The number of para-hydroxylation sites is 1. The Kier molecular flexibility index (Phi) is 3.63. The number of fused-ring (bicyclic) bond motifs is 1. The predicted molar refractivity (Wildman–Crippen MR) is 92.9 cm³/mol. The Bertz CT molecular complexity index is 942. The van der Waals surface area contributed by atoms with Gasteiger partial charge in [-0.15, -0.1) is 5.10 Å². The van der Waals surface area contributed by atoms with Crippen LogP contribution in [0.25, 0.3) is 16.6 Å². The molecule has 2 aromatic carbocycles. The molecule has 4 rings (SSSR count). The maximum atomic E-state index is 4.39. The highest BCUT2D eigenvalue weighted by Crippen LogP contribution is 2.24. The van der Waals surface area contributed by atoms with Gasteiger partial charge in [-0.25, -0.2) is 14.6 Å². The van der Waals surface area contributed by atoms with Crippen LogP contribution < -0.4 is 5.32 Å². The molecule has 0 radical (unpaired) electrons. The maximum absolute atomic E-state index is 4.39. The Morgan fingerprint density at radius 2 is 1.83 bits per heavy atom. The predicted octanol–water partition coefficient (Wildman–Crippen LogP) is 3.38. The quantitative estimate of drug-likeness (QED) is 0.625. The summed E-state index contributed by atoms with van der Waals surface area (Å²) in [5, 5.41) is 12.3. The highest BCUT2D eigenvalue weighted by molar-refractivity contribution is 5.88. The molecule has 118 valence electrons. The molecule has 0 aliphatic heterocycles. The summed E-state index contributed by atoms with van der Waals surface area (Å²) in [6.07, 6.45) is 5.08. The molecule has 0 saturated carbocycles. The first-order chi connectivity index (χ1) is 11.8. The van der Waals surface area contributed by atoms with E-state index in [-0.39, 0.29) is 6.04 Å². The van der Waals surface area contributed by atoms with Crippen LogP contribution in [0.5, 0.6) is 0 Å². The fourth-order valence-electron chi connectivity index (χ4n) is 2.67. The Hall–Kier alpha value is -3.28. The van der Waals surface area contributed by atoms with Gasteiger partial charge in [0.05, 0.1) is 23.6 Å². The highest BCUT2D eigenvalue weighted by atomic mass is 15.4. The van der Waals surface area contributed by atoms with E-state index in [0.29, 0.717) is 0 Å². The van der Waals surface area contributed by atoms with Crippen LogP contribution in [0.3, 0.4) is 0 Å². The number of aromatic nitrogens is 5. The van der Waals surface area contributed by atoms with Gasteiger partial charge in [0.1, 0.15) is 12.1 Å². The van der Waals surface area contributed by atoms with Crippen molar-refractivity contribution in [3.05, 3.63) is 72.8 Å². The van der Waals surface area contributed by atoms with Crippen molar-refractivity contribution < 1.29 is 0 Å². The molecule has 0 bridgehead atoms. The van der Waals surface area contributed by atoms with E-state index >= 15 is 0 Å². The van der Waals surface area contributed by atoms with Crippen LogP contribution in [0.2, 0.25) is 0 Å². The summed E-state index contributed by atoms with van der Waals surface area (Å²) in [5.41, 5.74) is 3.08. The zero-order valence-corrected chi connectivity index (χ0v) is 13.2. The van der Waals surface area contributed by atoms with Gasteiger partial charge in [-0.2, -0.15) is 0 Å². The van der Waals surface area contributed by atoms with E-state index in [1.165, 1.54) is 5.56 Å². The second-order valence-electron chi connectivity index (χ2n) is 5.54. The topological polar surface area (TPSA) is 68.5 Å². The minimum absolute atomic E-state index is 0.119. The molecule has 0 saturated heterocycles. The lowest BCUT2D eigenvalue weighted by atomic mass is 10.1. The fourth-order valence-corrected chi connectivity index (χ4v) is 2.67. The number of rotatable bonds is 4. The minimum atomic E-state index is 0.119. The largest absolute Gasteiger partial charge is 0.363 e. The van der Waals surface area contributed by atoms with Crippen molar-refractivity contribution in [2.45, 2.75) is 13.0 Å². The second-order valence-corrected chi connectivity index (χ2v) is 5.54. The summed E-state index contributed by atoms with van der Waals surface area (Å²) in [6, 6.07) is 16.3. The van der Waals surface area contributed by atoms with E-state index in [4.69, 9.17) is 0 Å². The third kappa shape index (κ3) is 2.69. The lowest BCUT2D eigenvalue weighted by Crippen LogP contribution is -2.09. The van der Waals surface area contributed by atoms with Crippen molar-refractivity contribution in [1.82, 2.24) is 25.0 Å². The number of benzene rings is 2. The van der Waals surface area contributed by atoms with Crippen LogP contribution in [0.15, 0.2) is 67.3 Å². The third-order valence-electron chi connectivity index (χ3n) is 3.98. The van der Waals surface area contributed by atoms with Gasteiger partial charge in [-0.1, -0.05) is 29.5 Å². The van der Waals surface area contributed by atoms with E-state index in [1.54, 1.807) is 17.2 Å². The molecule has 0 fully saturated rings. The van der Waals surface area contributed by atoms with Gasteiger partial charge in [-0.05, 0) is 36.8 Å². The molecule has 6 nitrogen and oxygen atoms in total. The van der Waals surface area contributed by atoms with Gasteiger partial charge >= 0.3 is 0 Å². The summed E-state index contributed by atoms with van der Waals surface area (Å²) < 4.78 is 1.74. The first-order valence-corrected chi connectivity index (χ1v) is 7.74. The third-order valence-corrected chi connectivity index (χ3v) is 3.98. The summed E-state index contributed by atoms with van der Waals surface area (Å²) in [5.74, 6) is 0.841. The molecule has 2 aromatic heterocycles. The Labute approximate surface area is 139 Å². The molecule has 1 atom stereocenters. The standard InChI is InChI=1S/C18H16N6/c1-13(14-6-8-15(9-7-14)24-11-10-21-23-24)22-18-16-4-2-3-5-17(16)19-12-20-18/h2-13H,1H3,(H,19,20,22). The van der Waals surface area contributed by atoms with Crippen LogP contribution in [0, 0.1) is 0 Å². The monoisotopic (exact) mass is 316 g/mol. The smallest absolute Gasteiger partial charge is 0.137 e. The van der Waals surface area contributed by atoms with E-state index in [9.17, 15) is 0 Å². The molecule has 1 unspecified atom stereocenters. The summed E-state index contributed by atoms with van der Waals surface area (Å²) in [7, 11) is 0. The fraction of sp³-hybridized carbons (Fsp3) is 0.111.